The summed E-state index contributed by atoms with van der Waals surface area (Å²) < 4.78 is 1.22. The van der Waals surface area contributed by atoms with E-state index in [2.05, 4.69) is 52.1 Å². The zero-order valence-electron chi connectivity index (χ0n) is 8.76. The van der Waals surface area contributed by atoms with Gasteiger partial charge in [0, 0.05) is 4.47 Å². The van der Waals surface area contributed by atoms with E-state index in [0.29, 0.717) is 10.4 Å². The van der Waals surface area contributed by atoms with Crippen molar-refractivity contribution in [3.63, 3.8) is 0 Å². The largest absolute Gasteiger partial charge is 0.476 e. The molecule has 1 aromatic heterocycles. The Kier molecular flexibility index (Phi) is 3.87. The van der Waals surface area contributed by atoms with Crippen molar-refractivity contribution in [1.29, 1.82) is 0 Å². The van der Waals surface area contributed by atoms with E-state index in [-0.39, 0.29) is 11.5 Å². The number of carbonyl (C=O) groups is 1. The molecule has 18 heavy (non-hydrogen) atoms. The molecule has 92 valence electrons. The van der Waals surface area contributed by atoms with Gasteiger partial charge < -0.3 is 10.1 Å². The lowest BCUT2D eigenvalue weighted by Gasteiger charge is -1.92. The van der Waals surface area contributed by atoms with Gasteiger partial charge in [0.2, 0.25) is 5.82 Å². The van der Waals surface area contributed by atoms with E-state index in [4.69, 9.17) is 5.11 Å². The van der Waals surface area contributed by atoms with Gasteiger partial charge in [-0.3, -0.25) is 0 Å². The number of hydrogen-bond acceptors (Lipinski definition) is 4. The Morgan fingerprint density at radius 3 is 2.50 bits per heavy atom. The van der Waals surface area contributed by atoms with Crippen LogP contribution in [0.25, 0.3) is 0 Å². The molecule has 8 heteroatoms. The third-order valence-electron chi connectivity index (χ3n) is 1.96. The fourth-order valence-electron chi connectivity index (χ4n) is 1.17. The molecular formula is C10H6Br2N4O2. The monoisotopic (exact) mass is 372 g/mol. The summed E-state index contributed by atoms with van der Waals surface area (Å²) in [5.74, 6) is -1.12. The van der Waals surface area contributed by atoms with Crippen LogP contribution in [0.4, 0.5) is 11.5 Å². The number of aromatic amines is 1. The number of carboxylic acid groups (broad SMARTS) is 1. The highest BCUT2D eigenvalue weighted by molar-refractivity contribution is 9.10. The van der Waals surface area contributed by atoms with Crippen LogP contribution in [0, 0.1) is 0 Å². The number of hydrogen-bond donors (Lipinski definition) is 2. The van der Waals surface area contributed by atoms with E-state index in [9.17, 15) is 4.79 Å². The van der Waals surface area contributed by atoms with Crippen LogP contribution in [0.5, 0.6) is 0 Å². The molecule has 0 radical (unpaired) electrons. The van der Waals surface area contributed by atoms with Gasteiger partial charge in [-0.15, -0.1) is 10.2 Å². The molecule has 0 spiro atoms. The molecule has 0 aliphatic carbocycles. The first-order chi connectivity index (χ1) is 8.56. The van der Waals surface area contributed by atoms with Crippen LogP contribution in [0.2, 0.25) is 0 Å². The molecule has 0 atom stereocenters. The Hall–Kier alpha value is -1.54. The quantitative estimate of drug-likeness (QED) is 0.795. The molecule has 0 fully saturated rings. The minimum Gasteiger partial charge on any atom is -0.476 e. The first-order valence-corrected chi connectivity index (χ1v) is 6.31. The Morgan fingerprint density at radius 1 is 1.22 bits per heavy atom. The number of H-pyrrole nitrogens is 1. The molecule has 2 N–H and O–H groups in total. The van der Waals surface area contributed by atoms with Crippen LogP contribution < -0.4 is 0 Å². The van der Waals surface area contributed by atoms with Crippen molar-refractivity contribution in [2.45, 2.75) is 0 Å². The van der Waals surface area contributed by atoms with Crippen molar-refractivity contribution in [3.8, 4) is 0 Å². The molecule has 2 aromatic rings. The minimum absolute atomic E-state index is 0.0253. The van der Waals surface area contributed by atoms with Gasteiger partial charge >= 0.3 is 5.97 Å². The molecule has 0 bridgehead atoms. The number of halogens is 2. The average molecular weight is 374 g/mol. The summed E-state index contributed by atoms with van der Waals surface area (Å²) in [5.41, 5.74) is 0.497. The van der Waals surface area contributed by atoms with Crippen LogP contribution in [-0.4, -0.2) is 21.0 Å². The molecule has 2 rings (SSSR count). The predicted molar refractivity (Wildman–Crippen MR) is 71.6 cm³/mol. The standard InChI is InChI=1S/C10H6Br2N4O2/c11-5-1-3-6(4-2-5)15-16-8-7(9(17)18)13-10(12)14-8/h1-4H,(H,13,14)(H,17,18). The highest BCUT2D eigenvalue weighted by Crippen LogP contribution is 2.23. The molecule has 1 heterocycles. The first kappa shape index (κ1) is 12.9. The maximum Gasteiger partial charge on any atom is 0.356 e. The van der Waals surface area contributed by atoms with Crippen LogP contribution in [0.3, 0.4) is 0 Å². The number of aromatic carboxylic acids is 1. The number of benzene rings is 1. The molecule has 0 unspecified atom stereocenters. The summed E-state index contributed by atoms with van der Waals surface area (Å²) in [4.78, 5) is 17.3. The topological polar surface area (TPSA) is 90.7 Å². The van der Waals surface area contributed by atoms with Gasteiger partial charge in [-0.1, -0.05) is 15.9 Å². The van der Waals surface area contributed by atoms with E-state index in [1.54, 1.807) is 12.1 Å². The molecule has 1 aromatic carbocycles. The zero-order valence-corrected chi connectivity index (χ0v) is 11.9. The fraction of sp³-hybridized carbons (Fsp3) is 0. The SMILES string of the molecule is O=C(O)c1[nH]c(Br)nc1N=Nc1ccc(Br)cc1. The molecule has 0 saturated heterocycles. The van der Waals surface area contributed by atoms with E-state index in [0.717, 1.165) is 4.47 Å². The molecule has 6 nitrogen and oxygen atoms in total. The molecule has 0 saturated carbocycles. The molecule has 0 amide bonds. The van der Waals surface area contributed by atoms with Crippen molar-refractivity contribution in [1.82, 2.24) is 9.97 Å². The molecule has 0 aliphatic rings. The fourth-order valence-corrected chi connectivity index (χ4v) is 1.80. The summed E-state index contributed by atoms with van der Waals surface area (Å²) >= 11 is 6.35. The van der Waals surface area contributed by atoms with Gasteiger partial charge in [0.1, 0.15) is 0 Å². The summed E-state index contributed by atoms with van der Waals surface area (Å²) in [6.07, 6.45) is 0. The lowest BCUT2D eigenvalue weighted by Crippen LogP contribution is -1.96. The van der Waals surface area contributed by atoms with Gasteiger partial charge in [-0.25, -0.2) is 9.78 Å². The van der Waals surface area contributed by atoms with Gasteiger partial charge in [0.25, 0.3) is 0 Å². The van der Waals surface area contributed by atoms with Crippen molar-refractivity contribution < 1.29 is 9.90 Å². The number of azo groups is 1. The van der Waals surface area contributed by atoms with Crippen molar-refractivity contribution >= 4 is 49.3 Å². The Bertz CT molecular complexity index is 607. The van der Waals surface area contributed by atoms with Crippen LogP contribution in [-0.2, 0) is 0 Å². The van der Waals surface area contributed by atoms with Gasteiger partial charge in [-0.05, 0) is 40.2 Å². The number of nitrogens with zero attached hydrogens (tertiary/aromatic N) is 3. The van der Waals surface area contributed by atoms with Crippen LogP contribution in [0.15, 0.2) is 43.7 Å². The number of imidazole rings is 1. The van der Waals surface area contributed by atoms with E-state index < -0.39 is 5.97 Å². The first-order valence-electron chi connectivity index (χ1n) is 4.72. The maximum absolute atomic E-state index is 10.9. The Labute approximate surface area is 118 Å². The van der Waals surface area contributed by atoms with Gasteiger partial charge in [-0.2, -0.15) is 0 Å². The normalized spacial score (nSPS) is 11.0. The predicted octanol–water partition coefficient (Wildman–Crippen LogP) is 4.05. The minimum atomic E-state index is -1.14. The third-order valence-corrected chi connectivity index (χ3v) is 2.86. The van der Waals surface area contributed by atoms with Crippen molar-refractivity contribution in [2.24, 2.45) is 10.2 Å². The highest BCUT2D eigenvalue weighted by atomic mass is 79.9. The molecular weight excluding hydrogens is 368 g/mol. The second kappa shape index (κ2) is 5.40. The Morgan fingerprint density at radius 2 is 1.89 bits per heavy atom. The van der Waals surface area contributed by atoms with E-state index >= 15 is 0 Å². The smallest absolute Gasteiger partial charge is 0.356 e. The number of rotatable bonds is 3. The maximum atomic E-state index is 10.9. The number of nitrogens with one attached hydrogen (secondary N) is 1. The second-order valence-corrected chi connectivity index (χ2v) is 4.87. The lowest BCUT2D eigenvalue weighted by molar-refractivity contribution is 0.0692. The van der Waals surface area contributed by atoms with Crippen LogP contribution in [0.1, 0.15) is 10.5 Å². The summed E-state index contributed by atoms with van der Waals surface area (Å²) in [7, 11) is 0. The lowest BCUT2D eigenvalue weighted by atomic mass is 10.3. The summed E-state index contributed by atoms with van der Waals surface area (Å²) in [6.45, 7) is 0. The van der Waals surface area contributed by atoms with Crippen molar-refractivity contribution in [3.05, 3.63) is 39.2 Å². The summed E-state index contributed by atoms with van der Waals surface area (Å²) in [5, 5.41) is 16.6. The van der Waals surface area contributed by atoms with Gasteiger partial charge in [0.15, 0.2) is 10.4 Å². The van der Waals surface area contributed by atoms with Gasteiger partial charge in [0.05, 0.1) is 5.69 Å². The van der Waals surface area contributed by atoms with Crippen molar-refractivity contribution in [2.75, 3.05) is 0 Å². The number of aromatic nitrogens is 2. The van der Waals surface area contributed by atoms with Crippen LogP contribution >= 0.6 is 31.9 Å². The second-order valence-electron chi connectivity index (χ2n) is 3.21. The third kappa shape index (κ3) is 3.02. The number of carboxylic acids is 1. The highest BCUT2D eigenvalue weighted by Gasteiger charge is 2.15. The zero-order chi connectivity index (χ0) is 13.1. The molecule has 0 aliphatic heterocycles. The average Bonchev–Trinajstić information content (AvgIpc) is 2.70. The summed E-state index contributed by atoms with van der Waals surface area (Å²) in [6, 6.07) is 7.12. The van der Waals surface area contributed by atoms with E-state index in [1.165, 1.54) is 0 Å². The Balaban J connectivity index is 2.28. The van der Waals surface area contributed by atoms with E-state index in [1.807, 2.05) is 12.1 Å².